The minimum Gasteiger partial charge on any atom is -0.224 e. The lowest BCUT2D eigenvalue weighted by Gasteiger charge is -2.14. The van der Waals surface area contributed by atoms with Gasteiger partial charge in [-0.05, 0) is 24.6 Å². The molecule has 0 amide bonds. The lowest BCUT2D eigenvalue weighted by Crippen LogP contribution is -2.31. The van der Waals surface area contributed by atoms with E-state index in [9.17, 15) is 16.8 Å². The molecule has 1 atom stereocenters. The van der Waals surface area contributed by atoms with E-state index in [1.54, 1.807) is 25.1 Å². The zero-order valence-corrected chi connectivity index (χ0v) is 14.3. The van der Waals surface area contributed by atoms with E-state index < -0.39 is 37.4 Å². The molecule has 2 aromatic carbocycles. The molecule has 0 aliphatic rings. The van der Waals surface area contributed by atoms with Crippen molar-refractivity contribution in [2.45, 2.75) is 17.9 Å². The first kappa shape index (κ1) is 17.7. The van der Waals surface area contributed by atoms with Crippen LogP contribution in [0.5, 0.6) is 0 Å². The zero-order valence-electron chi connectivity index (χ0n) is 12.7. The second-order valence-electron chi connectivity index (χ2n) is 5.20. The lowest BCUT2D eigenvalue weighted by atomic mass is 10.1. The van der Waals surface area contributed by atoms with Crippen LogP contribution in [-0.4, -0.2) is 28.3 Å². The molecule has 23 heavy (non-hydrogen) atoms. The third-order valence-electron chi connectivity index (χ3n) is 3.38. The number of sulfonamides is 1. The Morgan fingerprint density at radius 2 is 1.35 bits per heavy atom. The summed E-state index contributed by atoms with van der Waals surface area (Å²) in [7, 11) is -7.31. The van der Waals surface area contributed by atoms with Crippen LogP contribution in [-0.2, 0) is 19.9 Å². The normalized spacial score (nSPS) is 13.6. The Labute approximate surface area is 137 Å². The second-order valence-corrected chi connectivity index (χ2v) is 9.18. The van der Waals surface area contributed by atoms with Crippen LogP contribution in [0.3, 0.4) is 0 Å². The van der Waals surface area contributed by atoms with E-state index in [1.165, 1.54) is 12.1 Å². The summed E-state index contributed by atoms with van der Waals surface area (Å²) in [6.07, 6.45) is 0. The van der Waals surface area contributed by atoms with Crippen molar-refractivity contribution < 1.29 is 16.8 Å². The van der Waals surface area contributed by atoms with Crippen LogP contribution in [0.1, 0.15) is 18.5 Å². The summed E-state index contributed by atoms with van der Waals surface area (Å²) in [5.41, 5.74) is 0.821. The zero-order chi connectivity index (χ0) is 16.9. The van der Waals surface area contributed by atoms with Gasteiger partial charge >= 0.3 is 0 Å². The maximum Gasteiger partial charge on any atom is 0.213 e. The lowest BCUT2D eigenvalue weighted by molar-refractivity contribution is 0.565. The molecule has 124 valence electrons. The van der Waals surface area contributed by atoms with Crippen LogP contribution < -0.4 is 4.72 Å². The molecular weight excluding hydrogens is 334 g/mol. The Kier molecular flexibility index (Phi) is 5.56. The van der Waals surface area contributed by atoms with Gasteiger partial charge in [0.15, 0.2) is 9.84 Å². The van der Waals surface area contributed by atoms with Crippen molar-refractivity contribution in [3.8, 4) is 0 Å². The molecule has 0 fully saturated rings. The van der Waals surface area contributed by atoms with E-state index in [0.29, 0.717) is 0 Å². The highest BCUT2D eigenvalue weighted by Crippen LogP contribution is 2.14. The van der Waals surface area contributed by atoms with Gasteiger partial charge in [-0.1, -0.05) is 48.5 Å². The van der Waals surface area contributed by atoms with Crippen LogP contribution in [0.2, 0.25) is 0 Å². The minimum atomic E-state index is -3.70. The molecule has 0 unspecified atom stereocenters. The molecule has 0 radical (unpaired) electrons. The Hall–Kier alpha value is -1.70. The first-order valence-corrected chi connectivity index (χ1v) is 10.4. The topological polar surface area (TPSA) is 80.3 Å². The monoisotopic (exact) mass is 353 g/mol. The largest absolute Gasteiger partial charge is 0.224 e. The molecular formula is C16H19NO4S2. The number of nitrogens with one attached hydrogen (secondary N) is 1. The number of rotatable bonds is 7. The highest BCUT2D eigenvalue weighted by Gasteiger charge is 2.21. The predicted octanol–water partition coefficient (Wildman–Crippen LogP) is 2.14. The molecule has 2 rings (SSSR count). The average molecular weight is 353 g/mol. The third kappa shape index (κ3) is 5.16. The number of benzene rings is 2. The van der Waals surface area contributed by atoms with E-state index in [4.69, 9.17) is 0 Å². The van der Waals surface area contributed by atoms with E-state index in [2.05, 4.69) is 4.72 Å². The van der Waals surface area contributed by atoms with Crippen molar-refractivity contribution >= 4 is 19.9 Å². The van der Waals surface area contributed by atoms with Gasteiger partial charge in [0.1, 0.15) is 0 Å². The van der Waals surface area contributed by atoms with Gasteiger partial charge in [-0.3, -0.25) is 0 Å². The molecule has 0 saturated carbocycles. The quantitative estimate of drug-likeness (QED) is 0.827. The Bertz CT molecular complexity index is 832. The summed E-state index contributed by atoms with van der Waals surface area (Å²) >= 11 is 0. The van der Waals surface area contributed by atoms with E-state index in [1.807, 2.05) is 30.3 Å². The Morgan fingerprint density at radius 1 is 0.826 bits per heavy atom. The number of sulfone groups is 1. The summed E-state index contributed by atoms with van der Waals surface area (Å²) in [6.45, 7) is 1.72. The molecule has 1 N–H and O–H groups in total. The fraction of sp³-hybridized carbons (Fsp3) is 0.250. The minimum absolute atomic E-state index is 0.131. The van der Waals surface area contributed by atoms with Crippen LogP contribution in [0.15, 0.2) is 65.6 Å². The van der Waals surface area contributed by atoms with Gasteiger partial charge in [-0.15, -0.1) is 0 Å². The smallest absolute Gasteiger partial charge is 0.213 e. The molecule has 0 bridgehead atoms. The maximum atomic E-state index is 12.1. The van der Waals surface area contributed by atoms with Gasteiger partial charge in [-0.25, -0.2) is 21.6 Å². The number of hydrogen-bond donors (Lipinski definition) is 1. The van der Waals surface area contributed by atoms with Crippen LogP contribution in [0.4, 0.5) is 0 Å². The standard InChI is InChI=1S/C16H19NO4S2/c1-14(15-8-4-2-5-9-15)17-23(20,21)13-12-22(18,19)16-10-6-3-7-11-16/h2-11,14,17H,12-13H2,1H3/t14-/m1/s1. The van der Waals surface area contributed by atoms with Gasteiger partial charge in [0.2, 0.25) is 10.0 Å². The van der Waals surface area contributed by atoms with Gasteiger partial charge in [0, 0.05) is 6.04 Å². The maximum absolute atomic E-state index is 12.1. The molecule has 0 aromatic heterocycles. The fourth-order valence-electron chi connectivity index (χ4n) is 2.10. The average Bonchev–Trinajstić information content (AvgIpc) is 2.54. The third-order valence-corrected chi connectivity index (χ3v) is 6.82. The summed E-state index contributed by atoms with van der Waals surface area (Å²) in [4.78, 5) is 0.131. The first-order valence-electron chi connectivity index (χ1n) is 7.13. The van der Waals surface area contributed by atoms with Gasteiger partial charge in [-0.2, -0.15) is 0 Å². The summed E-state index contributed by atoms with van der Waals surface area (Å²) in [5, 5.41) is 0. The summed E-state index contributed by atoms with van der Waals surface area (Å²) < 4.78 is 51.0. The van der Waals surface area contributed by atoms with Crippen LogP contribution >= 0.6 is 0 Å². The predicted molar refractivity (Wildman–Crippen MR) is 90.3 cm³/mol. The van der Waals surface area contributed by atoms with E-state index >= 15 is 0 Å². The molecule has 5 nitrogen and oxygen atoms in total. The highest BCUT2D eigenvalue weighted by molar-refractivity contribution is 7.94. The fourth-order valence-corrected chi connectivity index (χ4v) is 5.46. The van der Waals surface area contributed by atoms with Crippen molar-refractivity contribution in [1.29, 1.82) is 0 Å². The summed E-state index contributed by atoms with van der Waals surface area (Å²) in [6, 6.07) is 16.5. The van der Waals surface area contributed by atoms with Crippen molar-refractivity contribution in [3.05, 3.63) is 66.2 Å². The number of hydrogen-bond acceptors (Lipinski definition) is 4. The molecule has 7 heteroatoms. The van der Waals surface area contributed by atoms with Gasteiger partial charge < -0.3 is 0 Å². The highest BCUT2D eigenvalue weighted by atomic mass is 32.2. The van der Waals surface area contributed by atoms with Gasteiger partial charge in [0.05, 0.1) is 16.4 Å². The Morgan fingerprint density at radius 3 is 1.91 bits per heavy atom. The molecule has 0 saturated heterocycles. The Balaban J connectivity index is 2.02. The molecule has 0 aliphatic carbocycles. The first-order chi connectivity index (χ1) is 10.8. The van der Waals surface area contributed by atoms with E-state index in [0.717, 1.165) is 5.56 Å². The van der Waals surface area contributed by atoms with Crippen LogP contribution in [0.25, 0.3) is 0 Å². The van der Waals surface area contributed by atoms with E-state index in [-0.39, 0.29) is 4.90 Å². The molecule has 0 aliphatic heterocycles. The van der Waals surface area contributed by atoms with Crippen molar-refractivity contribution in [3.63, 3.8) is 0 Å². The van der Waals surface area contributed by atoms with Crippen LogP contribution in [0, 0.1) is 0 Å². The van der Waals surface area contributed by atoms with Crippen molar-refractivity contribution in [2.24, 2.45) is 0 Å². The van der Waals surface area contributed by atoms with Gasteiger partial charge in [0.25, 0.3) is 0 Å². The molecule has 2 aromatic rings. The summed E-state index contributed by atoms with van der Waals surface area (Å²) in [5.74, 6) is -0.921. The SMILES string of the molecule is C[C@@H](NS(=O)(=O)CCS(=O)(=O)c1ccccc1)c1ccccc1. The molecule has 0 heterocycles. The molecule has 0 spiro atoms. The van der Waals surface area contributed by atoms with Crippen molar-refractivity contribution in [1.82, 2.24) is 4.72 Å². The van der Waals surface area contributed by atoms with Crippen molar-refractivity contribution in [2.75, 3.05) is 11.5 Å². The second kappa shape index (κ2) is 7.25.